The molecule has 9 nitrogen and oxygen atoms in total. The zero-order chi connectivity index (χ0) is 28.1. The van der Waals surface area contributed by atoms with Crippen molar-refractivity contribution in [3.8, 4) is 23.0 Å². The molecule has 39 heavy (non-hydrogen) atoms. The molecule has 0 amide bonds. The maximum atomic E-state index is 13.8. The number of esters is 1. The highest BCUT2D eigenvalue weighted by atomic mass is 32.1. The number of ether oxygens (including phenoxy) is 4. The van der Waals surface area contributed by atoms with Crippen molar-refractivity contribution in [1.82, 2.24) is 4.57 Å². The van der Waals surface area contributed by atoms with Gasteiger partial charge in [0.25, 0.3) is 5.56 Å². The second-order valence-corrected chi connectivity index (χ2v) is 9.85. The first-order valence-corrected chi connectivity index (χ1v) is 13.5. The van der Waals surface area contributed by atoms with E-state index in [0.29, 0.717) is 56.6 Å². The van der Waals surface area contributed by atoms with E-state index in [0.717, 1.165) is 12.8 Å². The minimum absolute atomic E-state index is 0.0184. The third-order valence-electron chi connectivity index (χ3n) is 6.27. The predicted octanol–water partition coefficient (Wildman–Crippen LogP) is 3.70. The number of carbonyl (C=O) groups is 1. The molecule has 0 radical (unpaired) electrons. The molecule has 2 aromatic carbocycles. The van der Waals surface area contributed by atoms with Crippen LogP contribution in [0.1, 0.15) is 50.8 Å². The molecule has 0 saturated carbocycles. The van der Waals surface area contributed by atoms with Crippen LogP contribution in [0.3, 0.4) is 0 Å². The van der Waals surface area contributed by atoms with E-state index >= 15 is 0 Å². The number of thiazole rings is 1. The van der Waals surface area contributed by atoms with Gasteiger partial charge in [0.1, 0.15) is 0 Å². The molecule has 1 aliphatic rings. The van der Waals surface area contributed by atoms with E-state index in [2.05, 4.69) is 11.9 Å². The van der Waals surface area contributed by atoms with Crippen LogP contribution in [0, 0.1) is 0 Å². The Balaban J connectivity index is 1.88. The number of nitrogens with zero attached hydrogens (tertiary/aromatic N) is 2. The first-order valence-electron chi connectivity index (χ1n) is 12.7. The Morgan fingerprint density at radius 2 is 1.90 bits per heavy atom. The zero-order valence-electron chi connectivity index (χ0n) is 22.6. The fraction of sp³-hybridized carbons (Fsp3) is 0.345. The lowest BCUT2D eigenvalue weighted by Crippen LogP contribution is -2.39. The average molecular weight is 553 g/mol. The zero-order valence-corrected chi connectivity index (χ0v) is 23.5. The van der Waals surface area contributed by atoms with Crippen LogP contribution in [-0.2, 0) is 9.53 Å². The molecule has 10 heteroatoms. The summed E-state index contributed by atoms with van der Waals surface area (Å²) in [5.41, 5.74) is 1.75. The van der Waals surface area contributed by atoms with Crippen LogP contribution in [0.4, 0.5) is 0 Å². The van der Waals surface area contributed by atoms with Gasteiger partial charge in [0, 0.05) is 0 Å². The maximum Gasteiger partial charge on any atom is 0.338 e. The number of benzene rings is 2. The lowest BCUT2D eigenvalue weighted by Gasteiger charge is -2.25. The molecule has 3 aromatic rings. The molecule has 0 fully saturated rings. The van der Waals surface area contributed by atoms with Gasteiger partial charge in [-0.05, 0) is 61.7 Å². The summed E-state index contributed by atoms with van der Waals surface area (Å²) in [5.74, 6) is 0.855. The molecule has 1 atom stereocenters. The van der Waals surface area contributed by atoms with Gasteiger partial charge in [0.15, 0.2) is 27.8 Å². The molecule has 0 saturated heterocycles. The molecular weight excluding hydrogens is 520 g/mol. The molecule has 4 rings (SSSR count). The normalized spacial score (nSPS) is 15.0. The SMILES string of the molecule is CCCCOc1ccc(C2C(C(=O)OC)=C(C)N=c3sc(=Cc4ccc(O)c(OCC)c4)c(=O)n32)cc1OC. The number of hydrogen-bond donors (Lipinski definition) is 1. The highest BCUT2D eigenvalue weighted by Crippen LogP contribution is 2.36. The first kappa shape index (κ1) is 28.0. The monoisotopic (exact) mass is 552 g/mol. The smallest absolute Gasteiger partial charge is 0.338 e. The molecular formula is C29H32N2O7S. The van der Waals surface area contributed by atoms with Crippen molar-refractivity contribution in [3.05, 3.63) is 78.5 Å². The van der Waals surface area contributed by atoms with E-state index in [-0.39, 0.29) is 16.9 Å². The fourth-order valence-corrected chi connectivity index (χ4v) is 5.40. The number of rotatable bonds is 10. The summed E-state index contributed by atoms with van der Waals surface area (Å²) in [6.07, 6.45) is 3.62. The number of carbonyl (C=O) groups excluding carboxylic acids is 1. The second kappa shape index (κ2) is 12.2. The number of aromatic nitrogens is 1. The van der Waals surface area contributed by atoms with E-state index in [9.17, 15) is 14.7 Å². The van der Waals surface area contributed by atoms with Gasteiger partial charge in [-0.1, -0.05) is 36.8 Å². The average Bonchev–Trinajstić information content (AvgIpc) is 3.23. The summed E-state index contributed by atoms with van der Waals surface area (Å²) < 4.78 is 24.0. The Bertz CT molecular complexity index is 1590. The van der Waals surface area contributed by atoms with E-state index < -0.39 is 12.0 Å². The second-order valence-electron chi connectivity index (χ2n) is 8.85. The lowest BCUT2D eigenvalue weighted by atomic mass is 9.95. The quantitative estimate of drug-likeness (QED) is 0.302. The van der Waals surface area contributed by atoms with E-state index in [1.807, 2.05) is 13.0 Å². The number of fused-ring (bicyclic) bond motifs is 1. The molecule has 2 heterocycles. The highest BCUT2D eigenvalue weighted by molar-refractivity contribution is 7.07. The molecule has 0 aliphatic carbocycles. The Hall–Kier alpha value is -4.05. The molecule has 1 aliphatic heterocycles. The first-order chi connectivity index (χ1) is 18.8. The number of unbranched alkanes of at least 4 members (excludes halogenated alkanes) is 1. The lowest BCUT2D eigenvalue weighted by molar-refractivity contribution is -0.136. The number of phenolic OH excluding ortho intramolecular Hbond substituents is 1. The van der Waals surface area contributed by atoms with Gasteiger partial charge >= 0.3 is 5.97 Å². The number of hydrogen-bond acceptors (Lipinski definition) is 9. The molecule has 1 unspecified atom stereocenters. The van der Waals surface area contributed by atoms with Crippen LogP contribution >= 0.6 is 11.3 Å². The van der Waals surface area contributed by atoms with Gasteiger partial charge in [0.05, 0.1) is 49.3 Å². The van der Waals surface area contributed by atoms with Crippen molar-refractivity contribution in [3.63, 3.8) is 0 Å². The Morgan fingerprint density at radius 3 is 2.59 bits per heavy atom. The summed E-state index contributed by atoms with van der Waals surface area (Å²) in [6, 6.07) is 9.49. The van der Waals surface area contributed by atoms with Crippen LogP contribution in [0.5, 0.6) is 23.0 Å². The minimum Gasteiger partial charge on any atom is -0.504 e. The number of allylic oxidation sites excluding steroid dienone is 1. The van der Waals surface area contributed by atoms with Gasteiger partial charge in [-0.25, -0.2) is 9.79 Å². The van der Waals surface area contributed by atoms with Crippen LogP contribution in [0.25, 0.3) is 6.08 Å². The molecule has 0 spiro atoms. The van der Waals surface area contributed by atoms with Crippen molar-refractivity contribution in [2.75, 3.05) is 27.4 Å². The van der Waals surface area contributed by atoms with E-state index in [1.54, 1.807) is 44.4 Å². The summed E-state index contributed by atoms with van der Waals surface area (Å²) >= 11 is 1.21. The summed E-state index contributed by atoms with van der Waals surface area (Å²) in [6.45, 7) is 6.58. The van der Waals surface area contributed by atoms with Crippen molar-refractivity contribution in [2.45, 2.75) is 39.7 Å². The van der Waals surface area contributed by atoms with Crippen LogP contribution in [0.2, 0.25) is 0 Å². The summed E-state index contributed by atoms with van der Waals surface area (Å²) in [7, 11) is 2.85. The molecule has 206 valence electrons. The Labute approximate surface area is 230 Å². The highest BCUT2D eigenvalue weighted by Gasteiger charge is 2.33. The Morgan fingerprint density at radius 1 is 1.10 bits per heavy atom. The van der Waals surface area contributed by atoms with Gasteiger partial charge in [-0.15, -0.1) is 0 Å². The van der Waals surface area contributed by atoms with Gasteiger partial charge in [0.2, 0.25) is 0 Å². The van der Waals surface area contributed by atoms with E-state index in [4.69, 9.17) is 18.9 Å². The van der Waals surface area contributed by atoms with Crippen LogP contribution < -0.4 is 29.1 Å². The van der Waals surface area contributed by atoms with Gasteiger partial charge in [-0.2, -0.15) is 0 Å². The molecule has 0 bridgehead atoms. The number of methoxy groups -OCH3 is 2. The Kier molecular flexibility index (Phi) is 8.75. The minimum atomic E-state index is -0.784. The number of aromatic hydroxyl groups is 1. The van der Waals surface area contributed by atoms with Gasteiger partial charge < -0.3 is 24.1 Å². The maximum absolute atomic E-state index is 13.8. The third kappa shape index (κ3) is 5.70. The molecule has 1 N–H and O–H groups in total. The largest absolute Gasteiger partial charge is 0.504 e. The number of phenols is 1. The third-order valence-corrected chi connectivity index (χ3v) is 7.25. The standard InChI is InChI=1S/C29H32N2O7S/c1-6-8-13-38-21-12-10-19(16-23(21)35-4)26-25(28(34)36-5)17(3)30-29-31(26)27(33)24(39-29)15-18-9-11-20(32)22(14-18)37-7-2/h9-12,14-16,26,32H,6-8,13H2,1-5H3. The van der Waals surface area contributed by atoms with Crippen LogP contribution in [-0.4, -0.2) is 43.1 Å². The van der Waals surface area contributed by atoms with Gasteiger partial charge in [-0.3, -0.25) is 9.36 Å². The van der Waals surface area contributed by atoms with Crippen molar-refractivity contribution in [2.24, 2.45) is 4.99 Å². The topological polar surface area (TPSA) is 109 Å². The van der Waals surface area contributed by atoms with Crippen LogP contribution in [0.15, 0.2) is 57.5 Å². The van der Waals surface area contributed by atoms with Crippen molar-refractivity contribution >= 4 is 23.4 Å². The summed E-state index contributed by atoms with van der Waals surface area (Å²) in [5, 5.41) is 10.1. The molecule has 1 aromatic heterocycles. The predicted molar refractivity (Wildman–Crippen MR) is 148 cm³/mol. The van der Waals surface area contributed by atoms with Crippen molar-refractivity contribution in [1.29, 1.82) is 0 Å². The summed E-state index contributed by atoms with van der Waals surface area (Å²) in [4.78, 5) is 31.8. The van der Waals surface area contributed by atoms with Crippen molar-refractivity contribution < 1.29 is 28.8 Å². The fourth-order valence-electron chi connectivity index (χ4n) is 4.35. The van der Waals surface area contributed by atoms with E-state index in [1.165, 1.54) is 29.1 Å².